The molecule has 9 nitrogen and oxygen atoms in total. The highest BCUT2D eigenvalue weighted by atomic mass is 32.2. The molecule has 0 fully saturated rings. The fourth-order valence-corrected chi connectivity index (χ4v) is 3.00. The maximum absolute atomic E-state index is 12.3. The first kappa shape index (κ1) is 17.5. The molecule has 2 rings (SSSR count). The van der Waals surface area contributed by atoms with Crippen molar-refractivity contribution in [2.45, 2.75) is 4.90 Å². The largest absolute Gasteiger partial charge is 0.465 e. The highest BCUT2D eigenvalue weighted by Gasteiger charge is 2.24. The van der Waals surface area contributed by atoms with Gasteiger partial charge in [-0.15, -0.1) is 0 Å². The van der Waals surface area contributed by atoms with E-state index in [1.54, 1.807) is 0 Å². The van der Waals surface area contributed by atoms with Crippen LogP contribution in [0.4, 0.5) is 0 Å². The molecule has 2 aromatic rings. The number of carbonyl (C=O) groups excluding carboxylic acids is 1. The van der Waals surface area contributed by atoms with Crippen LogP contribution in [0, 0.1) is 0 Å². The molecular weight excluding hydrogens is 340 g/mol. The summed E-state index contributed by atoms with van der Waals surface area (Å²) >= 11 is 0. The summed E-state index contributed by atoms with van der Waals surface area (Å²) in [6, 6.07) is 5.28. The monoisotopic (exact) mass is 354 g/mol. The lowest BCUT2D eigenvalue weighted by molar-refractivity contribution is 0.0600. The summed E-state index contributed by atoms with van der Waals surface area (Å²) in [6.45, 7) is 0. The third-order valence-corrected chi connectivity index (χ3v) is 4.38. The van der Waals surface area contributed by atoms with Gasteiger partial charge in [-0.3, -0.25) is 9.36 Å². The molecule has 0 N–H and O–H groups in total. The van der Waals surface area contributed by atoms with Gasteiger partial charge >= 0.3 is 21.8 Å². The van der Waals surface area contributed by atoms with E-state index in [9.17, 15) is 22.8 Å². The fraction of sp³-hybridized carbons (Fsp3) is 0.214. The van der Waals surface area contributed by atoms with Gasteiger partial charge in [0.25, 0.3) is 5.56 Å². The van der Waals surface area contributed by atoms with E-state index in [0.29, 0.717) is 4.57 Å². The van der Waals surface area contributed by atoms with Crippen LogP contribution in [0.15, 0.2) is 44.9 Å². The van der Waals surface area contributed by atoms with Crippen LogP contribution in [0.1, 0.15) is 10.4 Å². The minimum Gasteiger partial charge on any atom is -0.465 e. The maximum atomic E-state index is 12.3. The highest BCUT2D eigenvalue weighted by Crippen LogP contribution is 2.18. The summed E-state index contributed by atoms with van der Waals surface area (Å²) in [5.74, 6) is -0.843. The van der Waals surface area contributed by atoms with Crippen molar-refractivity contribution in [3.63, 3.8) is 0 Å². The summed E-state index contributed by atoms with van der Waals surface area (Å²) in [7, 11) is -0.860. The van der Waals surface area contributed by atoms with E-state index in [0.717, 1.165) is 23.9 Å². The van der Waals surface area contributed by atoms with Crippen molar-refractivity contribution in [3.8, 4) is 5.75 Å². The molecule has 10 heteroatoms. The molecular formula is C14H14N2O7S. The van der Waals surface area contributed by atoms with E-state index in [1.807, 2.05) is 0 Å². The molecule has 0 saturated carbocycles. The molecule has 24 heavy (non-hydrogen) atoms. The van der Waals surface area contributed by atoms with Crippen LogP contribution >= 0.6 is 0 Å². The number of hydrogen-bond acceptors (Lipinski definition) is 7. The van der Waals surface area contributed by atoms with Gasteiger partial charge in [-0.2, -0.15) is 8.42 Å². The van der Waals surface area contributed by atoms with Gasteiger partial charge in [-0.1, -0.05) is 6.07 Å². The van der Waals surface area contributed by atoms with Crippen LogP contribution in [-0.2, 0) is 29.0 Å². The number of hydrogen-bond donors (Lipinski definition) is 0. The van der Waals surface area contributed by atoms with E-state index >= 15 is 0 Å². The van der Waals surface area contributed by atoms with Crippen molar-refractivity contribution in [3.05, 3.63) is 56.9 Å². The molecule has 1 aromatic heterocycles. The third-order valence-electron chi connectivity index (χ3n) is 3.15. The van der Waals surface area contributed by atoms with E-state index in [2.05, 4.69) is 4.74 Å². The van der Waals surface area contributed by atoms with E-state index < -0.39 is 32.2 Å². The smallest absolute Gasteiger partial charge is 0.346 e. The van der Waals surface area contributed by atoms with Crippen LogP contribution in [0.25, 0.3) is 0 Å². The van der Waals surface area contributed by atoms with E-state index in [4.69, 9.17) is 4.18 Å². The highest BCUT2D eigenvalue weighted by molar-refractivity contribution is 7.87. The molecule has 1 heterocycles. The van der Waals surface area contributed by atoms with Crippen molar-refractivity contribution in [1.82, 2.24) is 9.13 Å². The summed E-state index contributed by atoms with van der Waals surface area (Å²) in [5.41, 5.74) is -1.60. The molecule has 0 bridgehead atoms. The topological polar surface area (TPSA) is 114 Å². The standard InChI is InChI=1S/C14H14N2O7S/c1-15-8-11(12(17)16(2)14(15)19)24(20,21)23-10-6-4-5-9(7-10)13(18)22-3/h4-8H,1-3H3. The zero-order valence-electron chi connectivity index (χ0n) is 13.0. The number of rotatable bonds is 4. The summed E-state index contributed by atoms with van der Waals surface area (Å²) < 4.78 is 35.7. The first-order chi connectivity index (χ1) is 11.2. The van der Waals surface area contributed by atoms with Gasteiger partial charge in [-0.05, 0) is 18.2 Å². The van der Waals surface area contributed by atoms with Crippen LogP contribution in [0.2, 0.25) is 0 Å². The number of aryl methyl sites for hydroxylation is 1. The Balaban J connectivity index is 2.49. The van der Waals surface area contributed by atoms with E-state index in [-0.39, 0.29) is 11.3 Å². The second-order valence-electron chi connectivity index (χ2n) is 4.81. The number of benzene rings is 1. The van der Waals surface area contributed by atoms with Gasteiger partial charge in [-0.25, -0.2) is 9.59 Å². The summed E-state index contributed by atoms with van der Waals surface area (Å²) in [5, 5.41) is 0. The molecule has 0 unspecified atom stereocenters. The Morgan fingerprint density at radius 1 is 1.17 bits per heavy atom. The molecule has 0 atom stereocenters. The zero-order valence-corrected chi connectivity index (χ0v) is 13.9. The van der Waals surface area contributed by atoms with Gasteiger partial charge in [0.2, 0.25) is 0 Å². The van der Waals surface area contributed by atoms with Crippen molar-refractivity contribution in [1.29, 1.82) is 0 Å². The number of ether oxygens (including phenoxy) is 1. The van der Waals surface area contributed by atoms with Crippen LogP contribution in [-0.4, -0.2) is 30.6 Å². The molecule has 0 aliphatic heterocycles. The number of aromatic nitrogens is 2. The Hall–Kier alpha value is -2.88. The fourth-order valence-electron chi connectivity index (χ4n) is 1.91. The quantitative estimate of drug-likeness (QED) is 0.544. The third kappa shape index (κ3) is 3.23. The number of esters is 1. The second-order valence-corrected chi connectivity index (χ2v) is 6.32. The van der Waals surface area contributed by atoms with Gasteiger partial charge < -0.3 is 13.5 Å². The van der Waals surface area contributed by atoms with Gasteiger partial charge in [0.15, 0.2) is 4.90 Å². The Morgan fingerprint density at radius 2 is 1.83 bits per heavy atom. The predicted octanol–water partition coefficient (Wildman–Crippen LogP) is -0.362. The van der Waals surface area contributed by atoms with Crippen molar-refractivity contribution in [2.75, 3.05) is 7.11 Å². The summed E-state index contributed by atoms with van der Waals surface area (Å²) in [6.07, 6.45) is 0.879. The molecule has 1 aromatic carbocycles. The molecule has 0 saturated heterocycles. The summed E-state index contributed by atoms with van der Waals surface area (Å²) in [4.78, 5) is 34.4. The Labute approximate surface area is 136 Å². The Kier molecular flexibility index (Phi) is 4.60. The normalized spacial score (nSPS) is 11.1. The Bertz CT molecular complexity index is 1020. The van der Waals surface area contributed by atoms with Crippen molar-refractivity contribution >= 4 is 16.1 Å². The number of methoxy groups -OCH3 is 1. The lowest BCUT2D eigenvalue weighted by Crippen LogP contribution is -2.39. The lowest BCUT2D eigenvalue weighted by Gasteiger charge is -2.09. The van der Waals surface area contributed by atoms with Crippen molar-refractivity contribution < 1.29 is 22.1 Å². The maximum Gasteiger partial charge on any atom is 0.346 e. The molecule has 128 valence electrons. The first-order valence-corrected chi connectivity index (χ1v) is 7.97. The van der Waals surface area contributed by atoms with Gasteiger partial charge in [0, 0.05) is 20.3 Å². The van der Waals surface area contributed by atoms with Crippen LogP contribution in [0.3, 0.4) is 0 Å². The molecule has 0 amide bonds. The average Bonchev–Trinajstić information content (AvgIpc) is 2.55. The number of carbonyl (C=O) groups is 1. The SMILES string of the molecule is COC(=O)c1cccc(OS(=O)(=O)c2cn(C)c(=O)n(C)c2=O)c1. The molecule has 0 spiro atoms. The Morgan fingerprint density at radius 3 is 2.46 bits per heavy atom. The minimum atomic E-state index is -4.50. The minimum absolute atomic E-state index is 0.0820. The molecule has 0 aliphatic carbocycles. The average molecular weight is 354 g/mol. The van der Waals surface area contributed by atoms with Crippen LogP contribution < -0.4 is 15.4 Å². The van der Waals surface area contributed by atoms with E-state index in [1.165, 1.54) is 32.4 Å². The zero-order chi connectivity index (χ0) is 18.1. The first-order valence-electron chi connectivity index (χ1n) is 6.57. The molecule has 0 aliphatic rings. The lowest BCUT2D eigenvalue weighted by atomic mass is 10.2. The second kappa shape index (κ2) is 6.32. The van der Waals surface area contributed by atoms with Crippen LogP contribution in [0.5, 0.6) is 5.75 Å². The van der Waals surface area contributed by atoms with Gasteiger partial charge in [0.1, 0.15) is 5.75 Å². The molecule has 0 radical (unpaired) electrons. The van der Waals surface area contributed by atoms with Gasteiger partial charge in [0.05, 0.1) is 12.7 Å². The predicted molar refractivity (Wildman–Crippen MR) is 82.5 cm³/mol. The number of nitrogens with zero attached hydrogens (tertiary/aromatic N) is 2. The van der Waals surface area contributed by atoms with Crippen molar-refractivity contribution in [2.24, 2.45) is 14.1 Å².